The molecular formula is C20H24N6O2. The fourth-order valence-electron chi connectivity index (χ4n) is 3.35. The Morgan fingerprint density at radius 2 is 2.11 bits per heavy atom. The van der Waals surface area contributed by atoms with Gasteiger partial charge in [0.1, 0.15) is 12.4 Å². The van der Waals surface area contributed by atoms with E-state index in [0.29, 0.717) is 38.5 Å². The molecule has 0 atom stereocenters. The number of para-hydroxylation sites is 1. The van der Waals surface area contributed by atoms with Crippen molar-refractivity contribution in [1.82, 2.24) is 30.2 Å². The summed E-state index contributed by atoms with van der Waals surface area (Å²) in [5, 5.41) is 15.0. The Bertz CT molecular complexity index is 904. The maximum Gasteiger partial charge on any atom is 0.272 e. The van der Waals surface area contributed by atoms with Gasteiger partial charge in [-0.2, -0.15) is 10.2 Å². The first-order valence-electron chi connectivity index (χ1n) is 9.54. The van der Waals surface area contributed by atoms with Crippen LogP contribution in [-0.4, -0.2) is 45.2 Å². The molecule has 1 aromatic carbocycles. The van der Waals surface area contributed by atoms with Crippen LogP contribution in [0, 0.1) is 0 Å². The van der Waals surface area contributed by atoms with Gasteiger partial charge >= 0.3 is 0 Å². The second-order valence-electron chi connectivity index (χ2n) is 6.61. The van der Waals surface area contributed by atoms with Gasteiger partial charge in [-0.25, -0.2) is 0 Å². The molecule has 0 spiro atoms. The molecular weight excluding hydrogens is 356 g/mol. The van der Waals surface area contributed by atoms with Gasteiger partial charge in [0, 0.05) is 49.7 Å². The van der Waals surface area contributed by atoms with Crippen LogP contribution in [0.1, 0.15) is 21.7 Å². The molecule has 28 heavy (non-hydrogen) atoms. The van der Waals surface area contributed by atoms with Gasteiger partial charge in [-0.1, -0.05) is 18.2 Å². The summed E-state index contributed by atoms with van der Waals surface area (Å²) in [6.45, 7) is 3.80. The fourth-order valence-corrected chi connectivity index (χ4v) is 3.35. The normalized spacial score (nSPS) is 13.1. The van der Waals surface area contributed by atoms with Crippen molar-refractivity contribution in [2.75, 3.05) is 19.7 Å². The molecule has 1 aliphatic heterocycles. The summed E-state index contributed by atoms with van der Waals surface area (Å²) in [6, 6.07) is 11.6. The smallest absolute Gasteiger partial charge is 0.272 e. The molecule has 0 saturated carbocycles. The molecule has 146 valence electrons. The summed E-state index contributed by atoms with van der Waals surface area (Å²) in [6.07, 6.45) is 4.46. The van der Waals surface area contributed by atoms with E-state index in [1.807, 2.05) is 47.3 Å². The number of benzene rings is 1. The third-order valence-corrected chi connectivity index (χ3v) is 4.72. The van der Waals surface area contributed by atoms with Crippen LogP contribution >= 0.6 is 0 Å². The van der Waals surface area contributed by atoms with Crippen LogP contribution in [0.25, 0.3) is 0 Å². The lowest BCUT2D eigenvalue weighted by Crippen LogP contribution is -2.30. The number of rotatable bonds is 8. The van der Waals surface area contributed by atoms with Gasteiger partial charge in [0.15, 0.2) is 5.69 Å². The molecule has 8 nitrogen and oxygen atoms in total. The second kappa shape index (κ2) is 8.71. The predicted molar refractivity (Wildman–Crippen MR) is 104 cm³/mol. The number of aromatic nitrogens is 4. The fraction of sp³-hybridized carbons (Fsp3) is 0.350. The molecule has 0 fully saturated rings. The zero-order valence-electron chi connectivity index (χ0n) is 15.7. The Morgan fingerprint density at radius 3 is 2.93 bits per heavy atom. The number of carbonyl (C=O) groups is 1. The third kappa shape index (κ3) is 4.23. The Hall–Kier alpha value is -3.13. The quantitative estimate of drug-likeness (QED) is 0.614. The number of hydrogen-bond donors (Lipinski definition) is 2. The van der Waals surface area contributed by atoms with E-state index in [1.165, 1.54) is 0 Å². The maximum absolute atomic E-state index is 12.7. The largest absolute Gasteiger partial charge is 0.492 e. The van der Waals surface area contributed by atoms with Crippen molar-refractivity contribution in [3.05, 3.63) is 65.7 Å². The van der Waals surface area contributed by atoms with Crippen molar-refractivity contribution in [3.8, 4) is 5.75 Å². The number of nitrogens with zero attached hydrogens (tertiary/aromatic N) is 4. The standard InChI is InChI=1S/C20H24N6O2/c27-20(22-10-12-25-11-4-8-23-25)19-17-15-21-9-7-18(17)26(24-19)13-14-28-16-5-2-1-3-6-16/h1-6,8,11,21H,7,9-10,12-15H2,(H,22,27). The van der Waals surface area contributed by atoms with E-state index >= 15 is 0 Å². The van der Waals surface area contributed by atoms with Crippen LogP contribution in [0.4, 0.5) is 0 Å². The highest BCUT2D eigenvalue weighted by molar-refractivity contribution is 5.94. The highest BCUT2D eigenvalue weighted by atomic mass is 16.5. The minimum Gasteiger partial charge on any atom is -0.492 e. The first kappa shape index (κ1) is 18.2. The Labute approximate surface area is 163 Å². The van der Waals surface area contributed by atoms with Crippen LogP contribution < -0.4 is 15.4 Å². The molecule has 0 aliphatic carbocycles. The molecule has 2 N–H and O–H groups in total. The van der Waals surface area contributed by atoms with Crippen molar-refractivity contribution in [2.24, 2.45) is 0 Å². The van der Waals surface area contributed by atoms with Gasteiger partial charge in [0.2, 0.25) is 0 Å². The zero-order valence-corrected chi connectivity index (χ0v) is 15.7. The number of carbonyl (C=O) groups excluding carboxylic acids is 1. The lowest BCUT2D eigenvalue weighted by Gasteiger charge is -2.15. The number of amides is 1. The zero-order chi connectivity index (χ0) is 19.2. The summed E-state index contributed by atoms with van der Waals surface area (Å²) < 4.78 is 9.50. The molecule has 0 bridgehead atoms. The molecule has 4 rings (SSSR count). The van der Waals surface area contributed by atoms with Crippen molar-refractivity contribution < 1.29 is 9.53 Å². The number of nitrogens with one attached hydrogen (secondary N) is 2. The Morgan fingerprint density at radius 1 is 1.21 bits per heavy atom. The third-order valence-electron chi connectivity index (χ3n) is 4.72. The highest BCUT2D eigenvalue weighted by Crippen LogP contribution is 2.19. The Balaban J connectivity index is 1.40. The molecule has 8 heteroatoms. The average molecular weight is 380 g/mol. The topological polar surface area (TPSA) is 86.0 Å². The molecule has 1 amide bonds. The first-order valence-corrected chi connectivity index (χ1v) is 9.54. The van der Waals surface area contributed by atoms with Gasteiger partial charge in [-0.05, 0) is 18.2 Å². The monoisotopic (exact) mass is 380 g/mol. The molecule has 0 radical (unpaired) electrons. The van der Waals surface area contributed by atoms with Crippen molar-refractivity contribution >= 4 is 5.91 Å². The summed E-state index contributed by atoms with van der Waals surface area (Å²) >= 11 is 0. The molecule has 1 aliphatic rings. The number of ether oxygens (including phenoxy) is 1. The summed E-state index contributed by atoms with van der Waals surface area (Å²) in [5.41, 5.74) is 2.61. The van der Waals surface area contributed by atoms with E-state index in [2.05, 4.69) is 20.8 Å². The Kier molecular flexibility index (Phi) is 5.67. The molecule has 3 aromatic rings. The van der Waals surface area contributed by atoms with E-state index in [4.69, 9.17) is 4.74 Å². The number of fused-ring (bicyclic) bond motifs is 1. The van der Waals surface area contributed by atoms with Crippen molar-refractivity contribution in [2.45, 2.75) is 26.1 Å². The minimum absolute atomic E-state index is 0.144. The SMILES string of the molecule is O=C(NCCn1cccn1)c1nn(CCOc2ccccc2)c2c1CNCC2. The van der Waals surface area contributed by atoms with Crippen LogP contribution in [-0.2, 0) is 26.1 Å². The van der Waals surface area contributed by atoms with E-state index < -0.39 is 0 Å². The van der Waals surface area contributed by atoms with Gasteiger partial charge < -0.3 is 15.4 Å². The van der Waals surface area contributed by atoms with E-state index in [-0.39, 0.29) is 5.91 Å². The van der Waals surface area contributed by atoms with Crippen LogP contribution in [0.5, 0.6) is 5.75 Å². The average Bonchev–Trinajstić information content (AvgIpc) is 3.37. The van der Waals surface area contributed by atoms with Crippen molar-refractivity contribution in [1.29, 1.82) is 0 Å². The molecule has 2 aromatic heterocycles. The van der Waals surface area contributed by atoms with Crippen LogP contribution in [0.3, 0.4) is 0 Å². The van der Waals surface area contributed by atoms with Gasteiger partial charge in [0.05, 0.1) is 13.1 Å². The molecule has 3 heterocycles. The summed E-state index contributed by atoms with van der Waals surface area (Å²) in [5.74, 6) is 0.691. The minimum atomic E-state index is -0.144. The lowest BCUT2D eigenvalue weighted by atomic mass is 10.1. The van der Waals surface area contributed by atoms with E-state index in [0.717, 1.165) is 30.0 Å². The van der Waals surface area contributed by atoms with Crippen LogP contribution in [0.2, 0.25) is 0 Å². The van der Waals surface area contributed by atoms with E-state index in [9.17, 15) is 4.79 Å². The maximum atomic E-state index is 12.7. The van der Waals surface area contributed by atoms with Gasteiger partial charge in [-0.15, -0.1) is 0 Å². The second-order valence-corrected chi connectivity index (χ2v) is 6.61. The first-order chi connectivity index (χ1) is 13.8. The van der Waals surface area contributed by atoms with Gasteiger partial charge in [-0.3, -0.25) is 14.2 Å². The van der Waals surface area contributed by atoms with Crippen molar-refractivity contribution in [3.63, 3.8) is 0 Å². The molecule has 0 saturated heterocycles. The summed E-state index contributed by atoms with van der Waals surface area (Å²) in [7, 11) is 0. The lowest BCUT2D eigenvalue weighted by molar-refractivity contribution is 0.0944. The van der Waals surface area contributed by atoms with Crippen LogP contribution in [0.15, 0.2) is 48.8 Å². The summed E-state index contributed by atoms with van der Waals surface area (Å²) in [4.78, 5) is 12.7. The van der Waals surface area contributed by atoms with Gasteiger partial charge in [0.25, 0.3) is 5.91 Å². The predicted octanol–water partition coefficient (Wildman–Crippen LogP) is 1.23. The number of hydrogen-bond acceptors (Lipinski definition) is 5. The molecule has 0 unspecified atom stereocenters. The van der Waals surface area contributed by atoms with E-state index in [1.54, 1.807) is 10.9 Å². The highest BCUT2D eigenvalue weighted by Gasteiger charge is 2.24.